The molecule has 0 aromatic rings. The molecule has 0 aromatic heterocycles. The molecule has 10 heteroatoms. The third kappa shape index (κ3) is 27.1. The number of hydrogen-bond acceptors (Lipinski definition) is 10. The Morgan fingerprint density at radius 3 is 1.50 bits per heavy atom. The molecule has 0 radical (unpaired) electrons. The van der Waals surface area contributed by atoms with E-state index in [1.165, 1.54) is 109 Å². The molecule has 1 rings (SSSR count). The Bertz CT molecular complexity index is 897. The summed E-state index contributed by atoms with van der Waals surface area (Å²) in [6.45, 7) is 3.39. The first kappa shape index (κ1) is 50.5. The number of unbranched alkanes of at least 4 members (excludes halogenated alkanes) is 24. The lowest BCUT2D eigenvalue weighted by Gasteiger charge is -2.39. The van der Waals surface area contributed by atoms with Crippen LogP contribution >= 0.6 is 0 Å². The predicted molar refractivity (Wildman–Crippen MR) is 215 cm³/mol. The largest absolute Gasteiger partial charge is 0.462 e. The van der Waals surface area contributed by atoms with Gasteiger partial charge in [-0.25, -0.2) is 0 Å². The highest BCUT2D eigenvalue weighted by atomic mass is 16.7. The fourth-order valence-electron chi connectivity index (χ4n) is 6.82. The van der Waals surface area contributed by atoms with E-state index in [0.717, 1.165) is 57.8 Å². The number of aliphatic hydroxyl groups is 4. The minimum absolute atomic E-state index is 0.215. The molecule has 1 fully saturated rings. The Labute approximate surface area is 329 Å². The van der Waals surface area contributed by atoms with Gasteiger partial charge >= 0.3 is 11.9 Å². The lowest BCUT2D eigenvalue weighted by molar-refractivity contribution is -0.305. The summed E-state index contributed by atoms with van der Waals surface area (Å²) in [5.41, 5.74) is 0. The molecule has 6 atom stereocenters. The summed E-state index contributed by atoms with van der Waals surface area (Å²) in [7, 11) is 0. The molecule has 1 aliphatic heterocycles. The van der Waals surface area contributed by atoms with Crippen LogP contribution in [0.25, 0.3) is 0 Å². The summed E-state index contributed by atoms with van der Waals surface area (Å²) < 4.78 is 22.1. The second-order valence-corrected chi connectivity index (χ2v) is 15.5. The molecule has 1 saturated heterocycles. The van der Waals surface area contributed by atoms with Gasteiger partial charge in [0.25, 0.3) is 0 Å². The highest BCUT2D eigenvalue weighted by molar-refractivity contribution is 5.70. The normalized spacial score (nSPS) is 20.7. The fraction of sp³-hybridized carbons (Fsp3) is 0.909. The third-order valence-corrected chi connectivity index (χ3v) is 10.4. The first-order chi connectivity index (χ1) is 26.3. The minimum atomic E-state index is -1.59. The van der Waals surface area contributed by atoms with Gasteiger partial charge in [-0.15, -0.1) is 0 Å². The van der Waals surface area contributed by atoms with Gasteiger partial charge in [-0.1, -0.05) is 167 Å². The Morgan fingerprint density at radius 2 is 1.00 bits per heavy atom. The monoisotopic (exact) mass is 771 g/mol. The Kier molecular flexibility index (Phi) is 33.5. The second-order valence-electron chi connectivity index (χ2n) is 15.5. The van der Waals surface area contributed by atoms with Crippen molar-refractivity contribution in [3.05, 3.63) is 12.2 Å². The van der Waals surface area contributed by atoms with Crippen molar-refractivity contribution in [1.29, 1.82) is 0 Å². The van der Waals surface area contributed by atoms with E-state index < -0.39 is 49.4 Å². The van der Waals surface area contributed by atoms with Gasteiger partial charge < -0.3 is 39.4 Å². The van der Waals surface area contributed by atoms with E-state index >= 15 is 0 Å². The average molecular weight is 771 g/mol. The molecular formula is C44H82O10. The van der Waals surface area contributed by atoms with Crippen LogP contribution in [-0.2, 0) is 28.5 Å². The molecule has 0 aliphatic carbocycles. The molecule has 1 aliphatic rings. The Hall–Kier alpha value is -1.56. The van der Waals surface area contributed by atoms with Crippen LogP contribution in [0.3, 0.4) is 0 Å². The number of aliphatic hydroxyl groups excluding tert-OH is 4. The van der Waals surface area contributed by atoms with Gasteiger partial charge in [-0.05, 0) is 32.1 Å². The number of rotatable bonds is 37. The van der Waals surface area contributed by atoms with Gasteiger partial charge in [-0.2, -0.15) is 0 Å². The van der Waals surface area contributed by atoms with E-state index in [1.807, 2.05) is 0 Å². The second kappa shape index (κ2) is 35.8. The van der Waals surface area contributed by atoms with Crippen LogP contribution in [-0.4, -0.2) is 89.0 Å². The average Bonchev–Trinajstić information content (AvgIpc) is 3.17. The van der Waals surface area contributed by atoms with Gasteiger partial charge in [0, 0.05) is 12.8 Å². The number of carbonyl (C=O) groups excluding carboxylic acids is 2. The summed E-state index contributed by atoms with van der Waals surface area (Å²) >= 11 is 0. The molecule has 1 heterocycles. The maximum absolute atomic E-state index is 12.7. The molecule has 0 aromatic carbocycles. The predicted octanol–water partition coefficient (Wildman–Crippen LogP) is 9.17. The van der Waals surface area contributed by atoms with Crippen molar-refractivity contribution in [2.24, 2.45) is 0 Å². The van der Waals surface area contributed by atoms with E-state index in [4.69, 9.17) is 18.9 Å². The van der Waals surface area contributed by atoms with Crippen LogP contribution in [0.1, 0.15) is 200 Å². The van der Waals surface area contributed by atoms with Crippen molar-refractivity contribution in [1.82, 2.24) is 0 Å². The Balaban J connectivity index is 2.29. The molecule has 10 nitrogen and oxygen atoms in total. The highest BCUT2D eigenvalue weighted by Crippen LogP contribution is 2.23. The van der Waals surface area contributed by atoms with Crippen molar-refractivity contribution in [2.75, 3.05) is 19.8 Å². The number of carbonyl (C=O) groups is 2. The summed E-state index contributed by atoms with van der Waals surface area (Å²) in [4.78, 5) is 25.3. The van der Waals surface area contributed by atoms with Crippen LogP contribution < -0.4 is 0 Å². The molecule has 0 bridgehead atoms. The van der Waals surface area contributed by atoms with Gasteiger partial charge in [0.1, 0.15) is 31.0 Å². The number of esters is 2. The maximum atomic E-state index is 12.7. The molecule has 4 N–H and O–H groups in total. The van der Waals surface area contributed by atoms with Gasteiger partial charge in [0.2, 0.25) is 0 Å². The van der Waals surface area contributed by atoms with Crippen LogP contribution in [0.5, 0.6) is 0 Å². The van der Waals surface area contributed by atoms with Crippen LogP contribution in [0.2, 0.25) is 0 Å². The van der Waals surface area contributed by atoms with Crippen molar-refractivity contribution in [3.63, 3.8) is 0 Å². The SMILES string of the molecule is CCCC/C=C\CCCCCCCC(=O)OC(COC(=O)CCCCCCCCCCCCCCCCCCCC)COC1OC(CO)C(O)C(O)C1O. The van der Waals surface area contributed by atoms with Crippen LogP contribution in [0.4, 0.5) is 0 Å². The minimum Gasteiger partial charge on any atom is -0.462 e. The molecule has 0 amide bonds. The van der Waals surface area contributed by atoms with Gasteiger partial charge in [0.15, 0.2) is 12.4 Å². The third-order valence-electron chi connectivity index (χ3n) is 10.4. The molecular weight excluding hydrogens is 688 g/mol. The zero-order valence-corrected chi connectivity index (χ0v) is 34.5. The van der Waals surface area contributed by atoms with E-state index in [0.29, 0.717) is 6.42 Å². The molecule has 54 heavy (non-hydrogen) atoms. The molecule has 318 valence electrons. The first-order valence-electron chi connectivity index (χ1n) is 22.3. The van der Waals surface area contributed by atoms with Crippen LogP contribution in [0, 0.1) is 0 Å². The summed E-state index contributed by atoms with van der Waals surface area (Å²) in [6.07, 6.45) is 29.4. The van der Waals surface area contributed by atoms with Crippen molar-refractivity contribution < 1.29 is 49.0 Å². The van der Waals surface area contributed by atoms with E-state index in [-0.39, 0.29) is 32.0 Å². The van der Waals surface area contributed by atoms with Gasteiger partial charge in [-0.3, -0.25) is 9.59 Å². The van der Waals surface area contributed by atoms with E-state index in [9.17, 15) is 30.0 Å². The van der Waals surface area contributed by atoms with Crippen molar-refractivity contribution in [2.45, 2.75) is 237 Å². The molecule has 6 unspecified atom stereocenters. The molecule has 0 spiro atoms. The smallest absolute Gasteiger partial charge is 0.306 e. The lowest BCUT2D eigenvalue weighted by atomic mass is 9.99. The topological polar surface area (TPSA) is 152 Å². The summed E-state index contributed by atoms with van der Waals surface area (Å²) in [5, 5.41) is 40.0. The quantitative estimate of drug-likeness (QED) is 0.0273. The number of allylic oxidation sites excluding steroid dienone is 2. The number of hydrogen-bond donors (Lipinski definition) is 4. The van der Waals surface area contributed by atoms with E-state index in [2.05, 4.69) is 26.0 Å². The van der Waals surface area contributed by atoms with Gasteiger partial charge in [0.05, 0.1) is 13.2 Å². The van der Waals surface area contributed by atoms with Crippen LogP contribution in [0.15, 0.2) is 12.2 Å². The fourth-order valence-corrected chi connectivity index (χ4v) is 6.82. The number of ether oxygens (including phenoxy) is 4. The van der Waals surface area contributed by atoms with Crippen molar-refractivity contribution >= 4 is 11.9 Å². The maximum Gasteiger partial charge on any atom is 0.306 e. The summed E-state index contributed by atoms with van der Waals surface area (Å²) in [6, 6.07) is 0. The molecule has 0 saturated carbocycles. The summed E-state index contributed by atoms with van der Waals surface area (Å²) in [5.74, 6) is -0.809. The zero-order valence-electron chi connectivity index (χ0n) is 34.5. The van der Waals surface area contributed by atoms with E-state index in [1.54, 1.807) is 0 Å². The first-order valence-corrected chi connectivity index (χ1v) is 22.3. The highest BCUT2D eigenvalue weighted by Gasteiger charge is 2.44. The Morgan fingerprint density at radius 1 is 0.556 bits per heavy atom. The zero-order chi connectivity index (χ0) is 39.5. The lowest BCUT2D eigenvalue weighted by Crippen LogP contribution is -2.59. The van der Waals surface area contributed by atoms with Crippen molar-refractivity contribution in [3.8, 4) is 0 Å². The standard InChI is InChI=1S/C44H82O10/c1-3-5-7-9-11-13-15-16-17-18-19-20-21-23-24-26-28-30-32-39(46)51-35-37(36-52-44-43(50)42(49)41(48)38(34-45)54-44)53-40(47)33-31-29-27-25-22-14-12-10-8-6-4-2/h10,12,37-38,41-45,48-50H,3-9,11,13-36H2,1-2H3/b12-10-.